The van der Waals surface area contributed by atoms with Crippen LogP contribution in [0.15, 0.2) is 40.8 Å². The summed E-state index contributed by atoms with van der Waals surface area (Å²) in [5.74, 6) is 2.02. The van der Waals surface area contributed by atoms with Gasteiger partial charge in [-0.2, -0.15) is 0 Å². The predicted molar refractivity (Wildman–Crippen MR) is 89.7 cm³/mol. The Morgan fingerprint density at radius 3 is 2.48 bits per heavy atom. The van der Waals surface area contributed by atoms with Gasteiger partial charge in [-0.05, 0) is 36.6 Å². The summed E-state index contributed by atoms with van der Waals surface area (Å²) in [6.45, 7) is 12.0. The SMILES string of the molecule is CCNC(C)Cc1ccc(-c2ccccc2C(C)(C)C)o1. The van der Waals surface area contributed by atoms with E-state index >= 15 is 0 Å². The van der Waals surface area contributed by atoms with E-state index in [0.717, 1.165) is 24.5 Å². The fourth-order valence-electron chi connectivity index (χ4n) is 2.71. The Labute approximate surface area is 128 Å². The van der Waals surface area contributed by atoms with Crippen molar-refractivity contribution in [3.63, 3.8) is 0 Å². The monoisotopic (exact) mass is 285 g/mol. The quantitative estimate of drug-likeness (QED) is 0.855. The molecule has 0 saturated heterocycles. The van der Waals surface area contributed by atoms with Gasteiger partial charge in [0, 0.05) is 18.0 Å². The highest BCUT2D eigenvalue weighted by Gasteiger charge is 2.20. The number of rotatable bonds is 5. The Kier molecular flexibility index (Phi) is 4.89. The minimum atomic E-state index is 0.112. The van der Waals surface area contributed by atoms with Gasteiger partial charge in [-0.15, -0.1) is 0 Å². The predicted octanol–water partition coefficient (Wildman–Crippen LogP) is 4.78. The molecular formula is C19H27NO. The van der Waals surface area contributed by atoms with E-state index in [1.807, 2.05) is 0 Å². The lowest BCUT2D eigenvalue weighted by atomic mass is 9.83. The van der Waals surface area contributed by atoms with Crippen molar-refractivity contribution in [2.75, 3.05) is 6.54 Å². The summed E-state index contributed by atoms with van der Waals surface area (Å²) < 4.78 is 6.08. The van der Waals surface area contributed by atoms with Crippen LogP contribution < -0.4 is 5.32 Å². The van der Waals surface area contributed by atoms with Crippen molar-refractivity contribution < 1.29 is 4.42 Å². The highest BCUT2D eigenvalue weighted by molar-refractivity contribution is 5.64. The smallest absolute Gasteiger partial charge is 0.134 e. The number of hydrogen-bond acceptors (Lipinski definition) is 2. The molecule has 1 aromatic heterocycles. The van der Waals surface area contributed by atoms with Gasteiger partial charge in [0.25, 0.3) is 0 Å². The first kappa shape index (κ1) is 15.8. The molecule has 0 radical (unpaired) electrons. The van der Waals surface area contributed by atoms with E-state index < -0.39 is 0 Å². The van der Waals surface area contributed by atoms with Crippen LogP contribution in [0.1, 0.15) is 45.9 Å². The number of hydrogen-bond donors (Lipinski definition) is 1. The third-order valence-electron chi connectivity index (χ3n) is 3.72. The summed E-state index contributed by atoms with van der Waals surface area (Å²) in [5.41, 5.74) is 2.64. The fraction of sp³-hybridized carbons (Fsp3) is 0.474. The highest BCUT2D eigenvalue weighted by atomic mass is 16.3. The average Bonchev–Trinajstić information content (AvgIpc) is 2.86. The van der Waals surface area contributed by atoms with E-state index in [2.05, 4.69) is 76.3 Å². The maximum atomic E-state index is 6.08. The Morgan fingerprint density at radius 1 is 1.10 bits per heavy atom. The molecule has 0 saturated carbocycles. The molecule has 0 bridgehead atoms. The lowest BCUT2D eigenvalue weighted by molar-refractivity contribution is 0.469. The van der Waals surface area contributed by atoms with Crippen molar-refractivity contribution in [1.82, 2.24) is 5.32 Å². The van der Waals surface area contributed by atoms with Crippen molar-refractivity contribution in [2.24, 2.45) is 0 Å². The van der Waals surface area contributed by atoms with Crippen molar-refractivity contribution in [2.45, 2.75) is 52.5 Å². The van der Waals surface area contributed by atoms with Crippen LogP contribution >= 0.6 is 0 Å². The normalized spacial score (nSPS) is 13.4. The van der Waals surface area contributed by atoms with Gasteiger partial charge in [0.15, 0.2) is 0 Å². The number of furan rings is 1. The zero-order valence-corrected chi connectivity index (χ0v) is 13.9. The number of likely N-dealkylation sites (N-methyl/N-ethyl adjacent to an activating group) is 1. The van der Waals surface area contributed by atoms with Gasteiger partial charge < -0.3 is 9.73 Å². The Hall–Kier alpha value is -1.54. The topological polar surface area (TPSA) is 25.2 Å². The first-order valence-electron chi connectivity index (χ1n) is 7.83. The van der Waals surface area contributed by atoms with E-state index in [1.54, 1.807) is 0 Å². The van der Waals surface area contributed by atoms with Gasteiger partial charge in [0.05, 0.1) is 0 Å². The van der Waals surface area contributed by atoms with E-state index in [4.69, 9.17) is 4.42 Å². The Balaban J connectivity index is 2.26. The summed E-state index contributed by atoms with van der Waals surface area (Å²) in [6.07, 6.45) is 0.922. The standard InChI is InChI=1S/C19H27NO/c1-6-20-14(2)13-15-11-12-18(21-15)16-9-7-8-10-17(16)19(3,4)5/h7-12,14,20H,6,13H2,1-5H3. The van der Waals surface area contributed by atoms with E-state index in [1.165, 1.54) is 11.1 Å². The van der Waals surface area contributed by atoms with Crippen LogP contribution in [0.2, 0.25) is 0 Å². The maximum Gasteiger partial charge on any atom is 0.134 e. The summed E-state index contributed by atoms with van der Waals surface area (Å²) in [6, 6.07) is 13.2. The van der Waals surface area contributed by atoms with Gasteiger partial charge in [0.1, 0.15) is 11.5 Å². The van der Waals surface area contributed by atoms with E-state index in [0.29, 0.717) is 6.04 Å². The van der Waals surface area contributed by atoms with E-state index in [9.17, 15) is 0 Å². The molecule has 0 spiro atoms. The lowest BCUT2D eigenvalue weighted by Crippen LogP contribution is -2.27. The van der Waals surface area contributed by atoms with Crippen molar-refractivity contribution in [3.8, 4) is 11.3 Å². The van der Waals surface area contributed by atoms with Crippen molar-refractivity contribution in [1.29, 1.82) is 0 Å². The Bertz CT molecular complexity index is 577. The van der Waals surface area contributed by atoms with Crippen LogP contribution in [0.25, 0.3) is 11.3 Å². The number of nitrogens with one attached hydrogen (secondary N) is 1. The second kappa shape index (κ2) is 6.48. The minimum Gasteiger partial charge on any atom is -0.461 e. The molecule has 114 valence electrons. The highest BCUT2D eigenvalue weighted by Crippen LogP contribution is 2.33. The molecule has 0 amide bonds. The average molecular weight is 285 g/mol. The molecule has 0 aliphatic rings. The van der Waals surface area contributed by atoms with Crippen molar-refractivity contribution in [3.05, 3.63) is 47.7 Å². The third kappa shape index (κ3) is 3.98. The van der Waals surface area contributed by atoms with Gasteiger partial charge in [-0.1, -0.05) is 52.0 Å². The van der Waals surface area contributed by atoms with Crippen LogP contribution in [0.4, 0.5) is 0 Å². The Morgan fingerprint density at radius 2 is 1.81 bits per heavy atom. The molecule has 1 heterocycles. The summed E-state index contributed by atoms with van der Waals surface area (Å²) in [7, 11) is 0. The fourth-order valence-corrected chi connectivity index (χ4v) is 2.71. The summed E-state index contributed by atoms with van der Waals surface area (Å²) in [5, 5.41) is 3.42. The molecule has 1 aromatic carbocycles. The molecule has 21 heavy (non-hydrogen) atoms. The number of benzene rings is 1. The first-order chi connectivity index (χ1) is 9.91. The molecule has 0 aliphatic carbocycles. The van der Waals surface area contributed by atoms with Crippen LogP contribution in [-0.4, -0.2) is 12.6 Å². The first-order valence-corrected chi connectivity index (χ1v) is 7.83. The van der Waals surface area contributed by atoms with E-state index in [-0.39, 0.29) is 5.41 Å². The zero-order chi connectivity index (χ0) is 15.5. The summed E-state index contributed by atoms with van der Waals surface area (Å²) in [4.78, 5) is 0. The maximum absolute atomic E-state index is 6.08. The molecule has 2 heteroatoms. The molecule has 0 aliphatic heterocycles. The molecule has 1 N–H and O–H groups in total. The zero-order valence-electron chi connectivity index (χ0n) is 13.9. The van der Waals surface area contributed by atoms with Gasteiger partial charge in [0.2, 0.25) is 0 Å². The van der Waals surface area contributed by atoms with Gasteiger partial charge >= 0.3 is 0 Å². The molecular weight excluding hydrogens is 258 g/mol. The van der Waals surface area contributed by atoms with Crippen LogP contribution in [0.5, 0.6) is 0 Å². The summed E-state index contributed by atoms with van der Waals surface area (Å²) >= 11 is 0. The third-order valence-corrected chi connectivity index (χ3v) is 3.72. The van der Waals surface area contributed by atoms with Crippen LogP contribution in [0, 0.1) is 0 Å². The molecule has 1 unspecified atom stereocenters. The molecule has 2 nitrogen and oxygen atoms in total. The lowest BCUT2D eigenvalue weighted by Gasteiger charge is -2.22. The molecule has 1 atom stereocenters. The van der Waals surface area contributed by atoms with Gasteiger partial charge in [-0.3, -0.25) is 0 Å². The second-order valence-electron chi connectivity index (χ2n) is 6.72. The molecule has 2 rings (SSSR count). The largest absolute Gasteiger partial charge is 0.461 e. The minimum absolute atomic E-state index is 0.112. The second-order valence-corrected chi connectivity index (χ2v) is 6.72. The van der Waals surface area contributed by atoms with Crippen molar-refractivity contribution >= 4 is 0 Å². The molecule has 0 fully saturated rings. The van der Waals surface area contributed by atoms with Crippen LogP contribution in [0.3, 0.4) is 0 Å². The van der Waals surface area contributed by atoms with Crippen LogP contribution in [-0.2, 0) is 11.8 Å². The van der Waals surface area contributed by atoms with Gasteiger partial charge in [-0.25, -0.2) is 0 Å². The molecule has 2 aromatic rings.